The maximum Gasteiger partial charge on any atom is 0.239 e. The second kappa shape index (κ2) is 6.75. The number of halogens is 1. The molecule has 3 nitrogen and oxygen atoms in total. The lowest BCUT2D eigenvalue weighted by molar-refractivity contribution is -0.119. The number of rotatable bonds is 6. The molecule has 0 aliphatic heterocycles. The van der Waals surface area contributed by atoms with Gasteiger partial charge >= 0.3 is 0 Å². The first-order chi connectivity index (χ1) is 11.1. The van der Waals surface area contributed by atoms with E-state index in [9.17, 15) is 4.79 Å². The maximum absolute atomic E-state index is 12.1. The van der Waals surface area contributed by atoms with Crippen molar-refractivity contribution in [1.29, 1.82) is 0 Å². The lowest BCUT2D eigenvalue weighted by atomic mass is 9.96. The monoisotopic (exact) mass is 372 g/mol. The van der Waals surface area contributed by atoms with Crippen LogP contribution in [0.3, 0.4) is 0 Å². The minimum atomic E-state index is 0.0350. The van der Waals surface area contributed by atoms with E-state index in [4.69, 9.17) is 0 Å². The zero-order valence-corrected chi connectivity index (χ0v) is 14.8. The molecule has 1 aliphatic rings. The molecule has 23 heavy (non-hydrogen) atoms. The molecule has 0 saturated heterocycles. The predicted octanol–water partition coefficient (Wildman–Crippen LogP) is 4.02. The zero-order valence-electron chi connectivity index (χ0n) is 13.2. The summed E-state index contributed by atoms with van der Waals surface area (Å²) in [5.41, 5.74) is 3.60. The van der Waals surface area contributed by atoms with Crippen LogP contribution in [-0.4, -0.2) is 19.0 Å². The number of carbonyl (C=O) groups excluding carboxylic acids is 1. The Morgan fingerprint density at radius 2 is 1.91 bits per heavy atom. The summed E-state index contributed by atoms with van der Waals surface area (Å²) >= 11 is 3.48. The van der Waals surface area contributed by atoms with Crippen LogP contribution >= 0.6 is 15.9 Å². The molecule has 2 aromatic carbocycles. The first kappa shape index (κ1) is 16.1. The quantitative estimate of drug-likeness (QED) is 0.803. The molecule has 2 N–H and O–H groups in total. The second-order valence-corrected chi connectivity index (χ2v) is 7.09. The molecule has 2 aromatic rings. The Morgan fingerprint density at radius 3 is 2.57 bits per heavy atom. The fraction of sp³-hybridized carbons (Fsp3) is 0.316. The van der Waals surface area contributed by atoms with Crippen molar-refractivity contribution in [1.82, 2.24) is 5.32 Å². The van der Waals surface area contributed by atoms with E-state index in [0.717, 1.165) is 35.1 Å². The minimum Gasteiger partial charge on any atom is -0.376 e. The van der Waals surface area contributed by atoms with Crippen LogP contribution in [0.4, 0.5) is 5.69 Å². The summed E-state index contributed by atoms with van der Waals surface area (Å²) in [5, 5.41) is 6.25. The van der Waals surface area contributed by atoms with E-state index in [-0.39, 0.29) is 11.3 Å². The lowest BCUT2D eigenvalue weighted by Crippen LogP contribution is -2.35. The Kier molecular flexibility index (Phi) is 4.71. The highest BCUT2D eigenvalue weighted by molar-refractivity contribution is 9.10. The third kappa shape index (κ3) is 3.94. The van der Waals surface area contributed by atoms with Gasteiger partial charge in [-0.15, -0.1) is 0 Å². The standard InChI is InChI=1S/C19H21BrN2O/c1-14-11-16(7-8-17(14)20)21-12-18(23)22-13-19(9-10-19)15-5-3-2-4-6-15/h2-8,11,21H,9-10,12-13H2,1H3,(H,22,23). The van der Waals surface area contributed by atoms with Crippen molar-refractivity contribution in [3.05, 3.63) is 64.1 Å². The van der Waals surface area contributed by atoms with Crippen molar-refractivity contribution in [2.75, 3.05) is 18.4 Å². The molecule has 0 heterocycles. The van der Waals surface area contributed by atoms with Gasteiger partial charge in [-0.2, -0.15) is 0 Å². The van der Waals surface area contributed by atoms with Crippen molar-refractivity contribution in [2.45, 2.75) is 25.2 Å². The molecule has 120 valence electrons. The van der Waals surface area contributed by atoms with Gasteiger partial charge in [-0.1, -0.05) is 46.3 Å². The first-order valence-corrected chi connectivity index (χ1v) is 8.71. The van der Waals surface area contributed by atoms with Crippen LogP contribution in [0.5, 0.6) is 0 Å². The van der Waals surface area contributed by atoms with Crippen molar-refractivity contribution in [3.8, 4) is 0 Å². The average molecular weight is 373 g/mol. The Bertz CT molecular complexity index is 696. The minimum absolute atomic E-state index is 0.0350. The van der Waals surface area contributed by atoms with Crippen molar-refractivity contribution in [2.24, 2.45) is 0 Å². The fourth-order valence-corrected chi connectivity index (χ4v) is 3.02. The number of benzene rings is 2. The van der Waals surface area contributed by atoms with Gasteiger partial charge in [0, 0.05) is 22.1 Å². The molecule has 1 amide bonds. The van der Waals surface area contributed by atoms with E-state index in [1.807, 2.05) is 31.2 Å². The molecular formula is C19H21BrN2O. The summed E-state index contributed by atoms with van der Waals surface area (Å²) in [4.78, 5) is 12.1. The fourth-order valence-electron chi connectivity index (χ4n) is 2.78. The topological polar surface area (TPSA) is 41.1 Å². The predicted molar refractivity (Wildman–Crippen MR) is 97.7 cm³/mol. The number of hydrogen-bond donors (Lipinski definition) is 2. The highest BCUT2D eigenvalue weighted by atomic mass is 79.9. The van der Waals surface area contributed by atoms with Crippen molar-refractivity contribution >= 4 is 27.5 Å². The Hall–Kier alpha value is -1.81. The van der Waals surface area contributed by atoms with E-state index >= 15 is 0 Å². The van der Waals surface area contributed by atoms with E-state index < -0.39 is 0 Å². The van der Waals surface area contributed by atoms with Gasteiger partial charge in [0.2, 0.25) is 5.91 Å². The molecule has 0 spiro atoms. The van der Waals surface area contributed by atoms with Gasteiger partial charge in [0.25, 0.3) is 0 Å². The molecule has 0 atom stereocenters. The van der Waals surface area contributed by atoms with E-state index in [2.05, 4.69) is 50.8 Å². The van der Waals surface area contributed by atoms with E-state index in [0.29, 0.717) is 6.54 Å². The van der Waals surface area contributed by atoms with Gasteiger partial charge in [0.15, 0.2) is 0 Å². The number of aryl methyl sites for hydroxylation is 1. The van der Waals surface area contributed by atoms with Gasteiger partial charge in [-0.3, -0.25) is 4.79 Å². The summed E-state index contributed by atoms with van der Waals surface area (Å²) in [6.45, 7) is 3.05. The van der Waals surface area contributed by atoms with Crippen LogP contribution in [0, 0.1) is 6.92 Å². The van der Waals surface area contributed by atoms with Gasteiger partial charge in [0.05, 0.1) is 6.54 Å². The number of nitrogens with one attached hydrogen (secondary N) is 2. The van der Waals surface area contributed by atoms with E-state index in [1.54, 1.807) is 0 Å². The summed E-state index contributed by atoms with van der Waals surface area (Å²) in [6, 6.07) is 16.5. The number of hydrogen-bond acceptors (Lipinski definition) is 2. The molecule has 1 saturated carbocycles. The van der Waals surface area contributed by atoms with Crippen LogP contribution in [0.25, 0.3) is 0 Å². The van der Waals surface area contributed by atoms with Gasteiger partial charge in [-0.05, 0) is 49.1 Å². The van der Waals surface area contributed by atoms with Crippen LogP contribution < -0.4 is 10.6 Å². The van der Waals surface area contributed by atoms with Gasteiger partial charge in [0.1, 0.15) is 0 Å². The third-order valence-corrected chi connectivity index (χ3v) is 5.36. The summed E-state index contributed by atoms with van der Waals surface area (Å²) in [6.07, 6.45) is 2.30. The maximum atomic E-state index is 12.1. The largest absolute Gasteiger partial charge is 0.376 e. The van der Waals surface area contributed by atoms with Crippen LogP contribution in [-0.2, 0) is 10.2 Å². The SMILES string of the molecule is Cc1cc(NCC(=O)NCC2(c3ccccc3)CC2)ccc1Br. The molecule has 0 aromatic heterocycles. The van der Waals surface area contributed by atoms with Gasteiger partial charge in [-0.25, -0.2) is 0 Å². The van der Waals surface area contributed by atoms with Crippen molar-refractivity contribution in [3.63, 3.8) is 0 Å². The summed E-state index contributed by atoms with van der Waals surface area (Å²) < 4.78 is 1.08. The molecule has 4 heteroatoms. The van der Waals surface area contributed by atoms with Gasteiger partial charge < -0.3 is 10.6 Å². The normalized spacial score (nSPS) is 15.0. The molecule has 0 bridgehead atoms. The number of carbonyl (C=O) groups is 1. The molecule has 1 aliphatic carbocycles. The van der Waals surface area contributed by atoms with Crippen LogP contribution in [0.2, 0.25) is 0 Å². The summed E-state index contributed by atoms with van der Waals surface area (Å²) in [7, 11) is 0. The average Bonchev–Trinajstić information content (AvgIpc) is 3.36. The first-order valence-electron chi connectivity index (χ1n) is 7.91. The smallest absolute Gasteiger partial charge is 0.239 e. The number of anilines is 1. The Balaban J connectivity index is 1.49. The Labute approximate surface area is 145 Å². The molecule has 3 rings (SSSR count). The molecule has 0 radical (unpaired) electrons. The third-order valence-electron chi connectivity index (χ3n) is 4.47. The molecule has 0 unspecified atom stereocenters. The Morgan fingerprint density at radius 1 is 1.17 bits per heavy atom. The van der Waals surface area contributed by atoms with Crippen LogP contribution in [0.1, 0.15) is 24.0 Å². The summed E-state index contributed by atoms with van der Waals surface area (Å²) in [5.74, 6) is 0.0350. The number of amides is 1. The van der Waals surface area contributed by atoms with E-state index in [1.165, 1.54) is 5.56 Å². The molecule has 1 fully saturated rings. The van der Waals surface area contributed by atoms with Crippen molar-refractivity contribution < 1.29 is 4.79 Å². The highest BCUT2D eigenvalue weighted by Crippen LogP contribution is 2.47. The van der Waals surface area contributed by atoms with Crippen LogP contribution in [0.15, 0.2) is 53.0 Å². The zero-order chi connectivity index (χ0) is 16.3. The lowest BCUT2D eigenvalue weighted by Gasteiger charge is -2.17. The highest BCUT2D eigenvalue weighted by Gasteiger charge is 2.44. The second-order valence-electron chi connectivity index (χ2n) is 6.24. The molecular weight excluding hydrogens is 352 g/mol.